The molecule has 0 saturated carbocycles. The lowest BCUT2D eigenvalue weighted by Gasteiger charge is -1.98. The maximum Gasteiger partial charge on any atom is 0.260 e. The van der Waals surface area contributed by atoms with Crippen molar-refractivity contribution >= 4 is 10.9 Å². The minimum atomic E-state index is 0.209. The van der Waals surface area contributed by atoms with E-state index in [0.717, 1.165) is 35.2 Å². The van der Waals surface area contributed by atoms with Crippen LogP contribution in [0.25, 0.3) is 22.4 Å². The number of hydrogen-bond donors (Lipinski definition) is 1. The van der Waals surface area contributed by atoms with Crippen molar-refractivity contribution in [2.75, 3.05) is 13.2 Å². The first kappa shape index (κ1) is 13.3. The average Bonchev–Trinajstić information content (AvgIpc) is 3.21. The fraction of sp³-hybridized carbons (Fsp3) is 0.375. The molecule has 1 aliphatic heterocycles. The third kappa shape index (κ3) is 1.91. The van der Waals surface area contributed by atoms with Gasteiger partial charge in [-0.2, -0.15) is 4.98 Å². The summed E-state index contributed by atoms with van der Waals surface area (Å²) in [7, 11) is 1.99. The lowest BCUT2D eigenvalue weighted by atomic mass is 10.1. The molecule has 6 nitrogen and oxygen atoms in total. The largest absolute Gasteiger partial charge is 0.508 e. The van der Waals surface area contributed by atoms with Crippen LogP contribution in [0.2, 0.25) is 0 Å². The number of fused-ring (bicyclic) bond motifs is 1. The van der Waals surface area contributed by atoms with Crippen molar-refractivity contribution in [3.8, 4) is 17.2 Å². The van der Waals surface area contributed by atoms with Crippen molar-refractivity contribution in [1.82, 2.24) is 14.7 Å². The van der Waals surface area contributed by atoms with Crippen molar-refractivity contribution < 1.29 is 14.4 Å². The van der Waals surface area contributed by atoms with Gasteiger partial charge in [0.25, 0.3) is 5.89 Å². The number of hydrogen-bond acceptors (Lipinski definition) is 5. The Bertz CT molecular complexity index is 844. The molecule has 0 amide bonds. The van der Waals surface area contributed by atoms with E-state index in [1.165, 1.54) is 0 Å². The summed E-state index contributed by atoms with van der Waals surface area (Å²) in [5.74, 6) is 1.63. The normalized spacial score (nSPS) is 18.4. The van der Waals surface area contributed by atoms with Gasteiger partial charge in [-0.15, -0.1) is 0 Å². The molecule has 3 aromatic rings. The molecular formula is C16H17N3O3. The molecule has 1 atom stereocenters. The Balaban J connectivity index is 1.87. The summed E-state index contributed by atoms with van der Waals surface area (Å²) in [4.78, 5) is 4.56. The lowest BCUT2D eigenvalue weighted by molar-refractivity contribution is 0.192. The fourth-order valence-corrected chi connectivity index (χ4v) is 3.07. The first-order valence-corrected chi connectivity index (χ1v) is 7.35. The molecule has 22 heavy (non-hydrogen) atoms. The van der Waals surface area contributed by atoms with Crippen LogP contribution in [-0.4, -0.2) is 33.0 Å². The Labute approximate surface area is 127 Å². The van der Waals surface area contributed by atoms with Gasteiger partial charge in [0.15, 0.2) is 5.82 Å². The van der Waals surface area contributed by atoms with Gasteiger partial charge in [-0.25, -0.2) is 0 Å². The van der Waals surface area contributed by atoms with Crippen LogP contribution in [0.3, 0.4) is 0 Å². The summed E-state index contributed by atoms with van der Waals surface area (Å²) in [6, 6.07) is 5.31. The van der Waals surface area contributed by atoms with Crippen molar-refractivity contribution in [3.05, 3.63) is 29.7 Å². The predicted molar refractivity (Wildman–Crippen MR) is 80.8 cm³/mol. The first-order chi connectivity index (χ1) is 10.6. The number of benzene rings is 1. The van der Waals surface area contributed by atoms with Crippen LogP contribution in [0.15, 0.2) is 22.7 Å². The SMILES string of the molecule is Cc1c(-c2nc([C@@H]3CCOC3)no2)c2cc(O)ccc2n1C. The highest BCUT2D eigenvalue weighted by Crippen LogP contribution is 2.35. The Hall–Kier alpha value is -2.34. The number of aryl methyl sites for hydroxylation is 1. The summed E-state index contributed by atoms with van der Waals surface area (Å²) in [5.41, 5.74) is 2.93. The average molecular weight is 299 g/mol. The van der Waals surface area contributed by atoms with Gasteiger partial charge in [-0.05, 0) is 31.5 Å². The van der Waals surface area contributed by atoms with E-state index in [1.807, 2.05) is 20.0 Å². The van der Waals surface area contributed by atoms with E-state index >= 15 is 0 Å². The number of aromatic hydroxyl groups is 1. The molecule has 6 heteroatoms. The predicted octanol–water partition coefficient (Wildman–Crippen LogP) is 2.75. The zero-order chi connectivity index (χ0) is 15.3. The van der Waals surface area contributed by atoms with Crippen LogP contribution < -0.4 is 0 Å². The van der Waals surface area contributed by atoms with Crippen LogP contribution >= 0.6 is 0 Å². The maximum absolute atomic E-state index is 9.79. The molecule has 0 unspecified atom stereocenters. The van der Waals surface area contributed by atoms with Gasteiger partial charge in [-0.3, -0.25) is 0 Å². The molecule has 1 aromatic carbocycles. The van der Waals surface area contributed by atoms with E-state index in [9.17, 15) is 5.11 Å². The Kier molecular flexibility index (Phi) is 2.94. The maximum atomic E-state index is 9.79. The summed E-state index contributed by atoms with van der Waals surface area (Å²) >= 11 is 0. The number of aromatic nitrogens is 3. The second-order valence-electron chi connectivity index (χ2n) is 5.74. The van der Waals surface area contributed by atoms with E-state index in [0.29, 0.717) is 18.3 Å². The van der Waals surface area contributed by atoms with Gasteiger partial charge < -0.3 is 18.9 Å². The van der Waals surface area contributed by atoms with Gasteiger partial charge in [0, 0.05) is 36.2 Å². The van der Waals surface area contributed by atoms with E-state index in [2.05, 4.69) is 14.7 Å². The zero-order valence-electron chi connectivity index (χ0n) is 12.5. The second-order valence-corrected chi connectivity index (χ2v) is 5.74. The Morgan fingerprint density at radius 3 is 3.00 bits per heavy atom. The van der Waals surface area contributed by atoms with Crippen molar-refractivity contribution in [3.63, 3.8) is 0 Å². The van der Waals surface area contributed by atoms with E-state index in [-0.39, 0.29) is 11.7 Å². The highest BCUT2D eigenvalue weighted by molar-refractivity contribution is 5.96. The molecule has 1 N–H and O–H groups in total. The smallest absolute Gasteiger partial charge is 0.260 e. The van der Waals surface area contributed by atoms with Crippen molar-refractivity contribution in [2.45, 2.75) is 19.3 Å². The molecular weight excluding hydrogens is 282 g/mol. The summed E-state index contributed by atoms with van der Waals surface area (Å²) in [6.07, 6.45) is 0.925. The van der Waals surface area contributed by atoms with E-state index in [4.69, 9.17) is 9.26 Å². The second kappa shape index (κ2) is 4.84. The zero-order valence-corrected chi connectivity index (χ0v) is 12.5. The topological polar surface area (TPSA) is 73.3 Å². The van der Waals surface area contributed by atoms with E-state index in [1.54, 1.807) is 12.1 Å². The van der Waals surface area contributed by atoms with Gasteiger partial charge in [0.2, 0.25) is 0 Å². The lowest BCUT2D eigenvalue weighted by Crippen LogP contribution is -1.99. The number of rotatable bonds is 2. The Morgan fingerprint density at radius 2 is 2.23 bits per heavy atom. The molecule has 4 rings (SSSR count). The molecule has 1 fully saturated rings. The summed E-state index contributed by atoms with van der Waals surface area (Å²) in [6.45, 7) is 3.40. The van der Waals surface area contributed by atoms with Crippen LogP contribution in [-0.2, 0) is 11.8 Å². The van der Waals surface area contributed by atoms with Crippen molar-refractivity contribution in [2.24, 2.45) is 7.05 Å². The third-order valence-corrected chi connectivity index (χ3v) is 4.43. The van der Waals surface area contributed by atoms with E-state index < -0.39 is 0 Å². The van der Waals surface area contributed by atoms with Crippen LogP contribution in [0, 0.1) is 6.92 Å². The Morgan fingerprint density at radius 1 is 1.36 bits per heavy atom. The molecule has 3 heterocycles. The number of nitrogens with zero attached hydrogens (tertiary/aromatic N) is 3. The minimum absolute atomic E-state index is 0.209. The highest BCUT2D eigenvalue weighted by Gasteiger charge is 2.25. The highest BCUT2D eigenvalue weighted by atomic mass is 16.5. The monoisotopic (exact) mass is 299 g/mol. The number of ether oxygens (including phenoxy) is 1. The molecule has 1 saturated heterocycles. The molecule has 0 radical (unpaired) electrons. The molecule has 1 aliphatic rings. The van der Waals surface area contributed by atoms with Gasteiger partial charge in [0.05, 0.1) is 12.2 Å². The molecule has 2 aromatic heterocycles. The molecule has 114 valence electrons. The molecule has 0 bridgehead atoms. The molecule has 0 aliphatic carbocycles. The van der Waals surface area contributed by atoms with Crippen LogP contribution in [0.1, 0.15) is 23.9 Å². The van der Waals surface area contributed by atoms with Crippen LogP contribution in [0.4, 0.5) is 0 Å². The quantitative estimate of drug-likeness (QED) is 0.787. The van der Waals surface area contributed by atoms with Gasteiger partial charge in [-0.1, -0.05) is 5.16 Å². The van der Waals surface area contributed by atoms with Gasteiger partial charge in [0.1, 0.15) is 5.75 Å². The minimum Gasteiger partial charge on any atom is -0.508 e. The summed E-state index contributed by atoms with van der Waals surface area (Å²) < 4.78 is 12.9. The van der Waals surface area contributed by atoms with Crippen LogP contribution in [0.5, 0.6) is 5.75 Å². The third-order valence-electron chi connectivity index (χ3n) is 4.43. The first-order valence-electron chi connectivity index (χ1n) is 7.35. The fourth-order valence-electron chi connectivity index (χ4n) is 3.07. The summed E-state index contributed by atoms with van der Waals surface area (Å²) in [5, 5.41) is 14.8. The standard InChI is InChI=1S/C16H17N3O3/c1-9-14(12-7-11(20)3-4-13(12)19(9)2)16-17-15(18-22-16)10-5-6-21-8-10/h3-4,7,10,20H,5-6,8H2,1-2H3/t10-/m1/s1. The molecule has 0 spiro atoms. The number of phenolic OH excluding ortho intramolecular Hbond substituents is 1. The van der Waals surface area contributed by atoms with Crippen molar-refractivity contribution in [1.29, 1.82) is 0 Å². The number of phenols is 1. The van der Waals surface area contributed by atoms with Gasteiger partial charge >= 0.3 is 0 Å².